The maximum Gasteiger partial charge on any atom is 0.288 e. The fraction of sp³-hybridized carbons (Fsp3) is 0.222. The number of hydrogen-bond donors (Lipinski definition) is 1. The van der Waals surface area contributed by atoms with E-state index in [0.29, 0.717) is 23.6 Å². The van der Waals surface area contributed by atoms with Gasteiger partial charge in [-0.05, 0) is 36.8 Å². The highest BCUT2D eigenvalue weighted by Crippen LogP contribution is 2.28. The molecule has 2 aromatic carbocycles. The monoisotopic (exact) mass is 391 g/mol. The van der Waals surface area contributed by atoms with Gasteiger partial charge in [0.15, 0.2) is 11.5 Å². The van der Waals surface area contributed by atoms with Crippen LogP contribution in [0.25, 0.3) is 0 Å². The maximum atomic E-state index is 12.3. The van der Waals surface area contributed by atoms with Gasteiger partial charge in [-0.2, -0.15) is 5.10 Å². The summed E-state index contributed by atoms with van der Waals surface area (Å²) in [6.07, 6.45) is 0.538. The molecule has 2 rings (SSSR count). The van der Waals surface area contributed by atoms with Crippen molar-refractivity contribution in [3.05, 3.63) is 62.7 Å². The van der Waals surface area contributed by atoms with Crippen molar-refractivity contribution in [2.75, 3.05) is 14.2 Å². The molecule has 27 heavy (non-hydrogen) atoms. The Labute approximate surface area is 160 Å². The molecule has 8 nitrogen and oxygen atoms in total. The number of nitrogens with zero attached hydrogens (tertiary/aromatic N) is 2. The van der Waals surface area contributed by atoms with Gasteiger partial charge in [0.1, 0.15) is 5.02 Å². The number of carbonyl (C=O) groups is 1. The average Bonchev–Trinajstić information content (AvgIpc) is 2.68. The quantitative estimate of drug-likeness (QED) is 0.439. The van der Waals surface area contributed by atoms with Gasteiger partial charge in [0.05, 0.1) is 24.9 Å². The summed E-state index contributed by atoms with van der Waals surface area (Å²) in [5.41, 5.74) is 3.50. The minimum atomic E-state index is -0.649. The lowest BCUT2D eigenvalue weighted by molar-refractivity contribution is -0.384. The van der Waals surface area contributed by atoms with E-state index in [0.717, 1.165) is 11.6 Å². The van der Waals surface area contributed by atoms with Crippen LogP contribution >= 0.6 is 11.6 Å². The molecular formula is C18H18ClN3O5. The number of nitro benzene ring substituents is 1. The topological polar surface area (TPSA) is 103 Å². The van der Waals surface area contributed by atoms with Crippen molar-refractivity contribution in [3.63, 3.8) is 0 Å². The van der Waals surface area contributed by atoms with E-state index in [1.807, 2.05) is 6.92 Å². The first-order chi connectivity index (χ1) is 12.9. The molecule has 2 aromatic rings. The van der Waals surface area contributed by atoms with Crippen molar-refractivity contribution in [2.45, 2.75) is 13.3 Å². The van der Waals surface area contributed by atoms with Crippen LogP contribution in [0.1, 0.15) is 29.3 Å². The number of amides is 1. The van der Waals surface area contributed by atoms with E-state index in [1.165, 1.54) is 26.4 Å². The van der Waals surface area contributed by atoms with Crippen LogP contribution in [0.2, 0.25) is 5.02 Å². The Bertz CT molecular complexity index is 899. The molecule has 9 heteroatoms. The second kappa shape index (κ2) is 9.00. The summed E-state index contributed by atoms with van der Waals surface area (Å²) < 4.78 is 10.5. The summed E-state index contributed by atoms with van der Waals surface area (Å²) in [6.45, 7) is 1.88. The Morgan fingerprint density at radius 1 is 1.15 bits per heavy atom. The first kappa shape index (κ1) is 20.2. The minimum Gasteiger partial charge on any atom is -0.493 e. The smallest absolute Gasteiger partial charge is 0.288 e. The van der Waals surface area contributed by atoms with E-state index in [2.05, 4.69) is 10.5 Å². The number of methoxy groups -OCH3 is 2. The highest BCUT2D eigenvalue weighted by Gasteiger charge is 2.16. The molecule has 0 atom stereocenters. The highest BCUT2D eigenvalue weighted by atomic mass is 35.5. The molecule has 0 unspecified atom stereocenters. The molecule has 142 valence electrons. The minimum absolute atomic E-state index is 0.0420. The van der Waals surface area contributed by atoms with E-state index >= 15 is 0 Å². The van der Waals surface area contributed by atoms with Gasteiger partial charge in [-0.3, -0.25) is 14.9 Å². The normalized spacial score (nSPS) is 11.0. The van der Waals surface area contributed by atoms with E-state index in [9.17, 15) is 14.9 Å². The van der Waals surface area contributed by atoms with Crippen LogP contribution in [0.4, 0.5) is 5.69 Å². The molecule has 0 fully saturated rings. The van der Waals surface area contributed by atoms with E-state index in [4.69, 9.17) is 21.1 Å². The van der Waals surface area contributed by atoms with Gasteiger partial charge in [-0.15, -0.1) is 0 Å². The van der Waals surface area contributed by atoms with Crippen LogP contribution in [-0.4, -0.2) is 30.8 Å². The molecule has 1 amide bonds. The molecule has 1 N–H and O–H groups in total. The standard InChI is InChI=1S/C18H18ClN3O5/c1-4-14(11-6-8-16(26-2)17(10-11)27-3)20-21-18(23)12-5-7-13(19)15(9-12)22(24)25/h5-10H,4H2,1-3H3,(H,21,23)/b20-14+. The summed E-state index contributed by atoms with van der Waals surface area (Å²) in [4.78, 5) is 22.6. The van der Waals surface area contributed by atoms with Crippen LogP contribution in [0, 0.1) is 10.1 Å². The van der Waals surface area contributed by atoms with Crippen molar-refractivity contribution < 1.29 is 19.2 Å². The molecule has 0 radical (unpaired) electrons. The van der Waals surface area contributed by atoms with Gasteiger partial charge < -0.3 is 9.47 Å². The summed E-state index contributed by atoms with van der Waals surface area (Å²) in [7, 11) is 3.07. The predicted octanol–water partition coefficient (Wildman–Crippen LogP) is 3.81. The SMILES string of the molecule is CC/C(=N\NC(=O)c1ccc(Cl)c([N+](=O)[O-])c1)c1ccc(OC)c(OC)c1. The highest BCUT2D eigenvalue weighted by molar-refractivity contribution is 6.32. The molecule has 0 saturated carbocycles. The van der Waals surface area contributed by atoms with Gasteiger partial charge in [0, 0.05) is 17.2 Å². The van der Waals surface area contributed by atoms with Gasteiger partial charge in [-0.25, -0.2) is 5.43 Å². The molecular weight excluding hydrogens is 374 g/mol. The second-order valence-electron chi connectivity index (χ2n) is 5.35. The molecule has 0 aromatic heterocycles. The van der Waals surface area contributed by atoms with Gasteiger partial charge >= 0.3 is 0 Å². The lowest BCUT2D eigenvalue weighted by Gasteiger charge is -2.10. The maximum absolute atomic E-state index is 12.3. The Morgan fingerprint density at radius 3 is 2.41 bits per heavy atom. The van der Waals surface area contributed by atoms with Crippen LogP contribution in [-0.2, 0) is 0 Å². The van der Waals surface area contributed by atoms with E-state index in [1.54, 1.807) is 18.2 Å². The third-order valence-corrected chi connectivity index (χ3v) is 4.07. The molecule has 0 aliphatic heterocycles. The van der Waals surface area contributed by atoms with Crippen LogP contribution < -0.4 is 14.9 Å². The first-order valence-electron chi connectivity index (χ1n) is 7.94. The number of benzene rings is 2. The lowest BCUT2D eigenvalue weighted by Crippen LogP contribution is -2.20. The van der Waals surface area contributed by atoms with Gasteiger partial charge in [0.25, 0.3) is 11.6 Å². The number of hydrazone groups is 1. The zero-order valence-corrected chi connectivity index (χ0v) is 15.7. The molecule has 0 aliphatic carbocycles. The molecule has 0 heterocycles. The van der Waals surface area contributed by atoms with Crippen LogP contribution in [0.5, 0.6) is 11.5 Å². The lowest BCUT2D eigenvalue weighted by atomic mass is 10.1. The number of nitro groups is 1. The second-order valence-corrected chi connectivity index (χ2v) is 5.75. The zero-order valence-electron chi connectivity index (χ0n) is 15.0. The van der Waals surface area contributed by atoms with Crippen molar-refractivity contribution in [1.29, 1.82) is 0 Å². The fourth-order valence-corrected chi connectivity index (χ4v) is 2.53. The zero-order chi connectivity index (χ0) is 20.0. The Kier molecular flexibility index (Phi) is 6.73. The van der Waals surface area contributed by atoms with Crippen molar-refractivity contribution in [3.8, 4) is 11.5 Å². The fourth-order valence-electron chi connectivity index (χ4n) is 2.34. The van der Waals surface area contributed by atoms with Crippen LogP contribution in [0.3, 0.4) is 0 Å². The molecule has 0 spiro atoms. The number of ether oxygens (including phenoxy) is 2. The molecule has 0 saturated heterocycles. The van der Waals surface area contributed by atoms with E-state index in [-0.39, 0.29) is 16.3 Å². The van der Waals surface area contributed by atoms with E-state index < -0.39 is 10.8 Å². The number of rotatable bonds is 7. The third-order valence-electron chi connectivity index (χ3n) is 3.75. The van der Waals surface area contributed by atoms with Gasteiger partial charge in [-0.1, -0.05) is 18.5 Å². The van der Waals surface area contributed by atoms with Crippen LogP contribution in [0.15, 0.2) is 41.5 Å². The Balaban J connectivity index is 2.25. The van der Waals surface area contributed by atoms with Crippen molar-refractivity contribution in [2.24, 2.45) is 5.10 Å². The summed E-state index contributed by atoms with van der Waals surface area (Å²) >= 11 is 5.76. The Hall–Kier alpha value is -3.13. The number of carbonyl (C=O) groups excluding carboxylic acids is 1. The molecule has 0 bridgehead atoms. The Morgan fingerprint density at radius 2 is 1.81 bits per heavy atom. The summed E-state index contributed by atoms with van der Waals surface area (Å²) in [5.74, 6) is 0.534. The van der Waals surface area contributed by atoms with Gasteiger partial charge in [0.2, 0.25) is 0 Å². The number of nitrogens with one attached hydrogen (secondary N) is 1. The summed E-state index contributed by atoms with van der Waals surface area (Å²) in [5, 5.41) is 15.0. The first-order valence-corrected chi connectivity index (χ1v) is 8.32. The number of hydrogen-bond acceptors (Lipinski definition) is 6. The third kappa shape index (κ3) is 4.73. The number of halogens is 1. The average molecular weight is 392 g/mol. The largest absolute Gasteiger partial charge is 0.493 e. The van der Waals surface area contributed by atoms with Crippen molar-refractivity contribution in [1.82, 2.24) is 5.43 Å². The van der Waals surface area contributed by atoms with Crippen molar-refractivity contribution >= 4 is 28.9 Å². The molecule has 0 aliphatic rings. The predicted molar refractivity (Wildman–Crippen MR) is 102 cm³/mol. The summed E-state index contributed by atoms with van der Waals surface area (Å²) in [6, 6.07) is 9.08.